The summed E-state index contributed by atoms with van der Waals surface area (Å²) in [6.07, 6.45) is -0.309. The highest BCUT2D eigenvalue weighted by molar-refractivity contribution is 7.80. The average molecular weight is 211 g/mol. The van der Waals surface area contributed by atoms with E-state index in [2.05, 4.69) is 12.6 Å². The van der Waals surface area contributed by atoms with Crippen LogP contribution in [0.25, 0.3) is 0 Å². The van der Waals surface area contributed by atoms with Crippen LogP contribution in [0.3, 0.4) is 0 Å². The van der Waals surface area contributed by atoms with Crippen LogP contribution in [-0.4, -0.2) is 11.1 Å². The van der Waals surface area contributed by atoms with Crippen molar-refractivity contribution < 1.29 is 14.3 Å². The van der Waals surface area contributed by atoms with Crippen molar-refractivity contribution in [2.75, 3.05) is 0 Å². The number of benzene rings is 1. The number of rotatable bonds is 2. The van der Waals surface area contributed by atoms with Gasteiger partial charge in [0.1, 0.15) is 5.82 Å². The van der Waals surface area contributed by atoms with Gasteiger partial charge in [0.05, 0.1) is 18.1 Å². The lowest BCUT2D eigenvalue weighted by atomic mass is 10.1. The van der Waals surface area contributed by atoms with E-state index < -0.39 is 11.8 Å². The molecule has 1 aromatic rings. The zero-order chi connectivity index (χ0) is 10.7. The highest BCUT2D eigenvalue weighted by Gasteiger charge is 2.10. The van der Waals surface area contributed by atoms with Gasteiger partial charge >= 0.3 is 5.97 Å². The second-order valence-electron chi connectivity index (χ2n) is 2.64. The minimum atomic E-state index is -1.07. The van der Waals surface area contributed by atoms with Gasteiger partial charge in [0.2, 0.25) is 0 Å². The molecule has 0 fully saturated rings. The van der Waals surface area contributed by atoms with Crippen molar-refractivity contribution in [2.45, 2.75) is 11.3 Å². The van der Waals surface area contributed by atoms with Crippen LogP contribution in [0.2, 0.25) is 0 Å². The largest absolute Gasteiger partial charge is 0.481 e. The normalized spacial score (nSPS) is 9.50. The van der Waals surface area contributed by atoms with E-state index in [0.717, 1.165) is 6.07 Å². The molecule has 1 aromatic carbocycles. The summed E-state index contributed by atoms with van der Waals surface area (Å²) in [6.45, 7) is 0. The Hall–Kier alpha value is -1.54. The molecule has 0 saturated carbocycles. The average Bonchev–Trinajstić information content (AvgIpc) is 2.10. The summed E-state index contributed by atoms with van der Waals surface area (Å²) in [7, 11) is 0. The van der Waals surface area contributed by atoms with Crippen molar-refractivity contribution in [1.29, 1.82) is 5.26 Å². The van der Waals surface area contributed by atoms with Gasteiger partial charge in [0.25, 0.3) is 0 Å². The molecule has 1 N–H and O–H groups in total. The first kappa shape index (κ1) is 10.5. The minimum absolute atomic E-state index is 0.0303. The Labute approximate surface area is 85.2 Å². The van der Waals surface area contributed by atoms with Crippen LogP contribution in [0.1, 0.15) is 11.1 Å². The standard InChI is InChI=1S/C9H6FNO2S/c10-7-1-6(4-11)5(2-8(7)14)3-9(12)13/h1-2,14H,3H2,(H,12,13). The van der Waals surface area contributed by atoms with Gasteiger partial charge in [-0.2, -0.15) is 5.26 Å². The summed E-state index contributed by atoms with van der Waals surface area (Å²) in [5.74, 6) is -1.69. The third kappa shape index (κ3) is 2.24. The van der Waals surface area contributed by atoms with Crippen molar-refractivity contribution in [3.63, 3.8) is 0 Å². The molecule has 0 unspecified atom stereocenters. The topological polar surface area (TPSA) is 61.1 Å². The zero-order valence-electron chi connectivity index (χ0n) is 6.99. The molecule has 0 bridgehead atoms. The van der Waals surface area contributed by atoms with Gasteiger partial charge in [-0.15, -0.1) is 12.6 Å². The van der Waals surface area contributed by atoms with Crippen LogP contribution < -0.4 is 0 Å². The molecular weight excluding hydrogens is 205 g/mol. The molecule has 0 radical (unpaired) electrons. The number of thiol groups is 1. The van der Waals surface area contributed by atoms with Gasteiger partial charge < -0.3 is 5.11 Å². The lowest BCUT2D eigenvalue weighted by Gasteiger charge is -2.02. The first-order valence-electron chi connectivity index (χ1n) is 3.68. The summed E-state index contributed by atoms with van der Waals surface area (Å²) in [5, 5.41) is 17.1. The number of hydrogen-bond acceptors (Lipinski definition) is 3. The van der Waals surface area contributed by atoms with Gasteiger partial charge in [0.15, 0.2) is 0 Å². The summed E-state index contributed by atoms with van der Waals surface area (Å²) in [4.78, 5) is 10.4. The number of carbonyl (C=O) groups is 1. The Kier molecular flexibility index (Phi) is 3.10. The van der Waals surface area contributed by atoms with Crippen LogP contribution in [0.4, 0.5) is 4.39 Å². The fraction of sp³-hybridized carbons (Fsp3) is 0.111. The fourth-order valence-corrected chi connectivity index (χ4v) is 1.24. The summed E-state index contributed by atoms with van der Waals surface area (Å²) in [6, 6.07) is 3.97. The molecule has 0 atom stereocenters. The number of carboxylic acids is 1. The number of carboxylic acid groups (broad SMARTS) is 1. The van der Waals surface area contributed by atoms with Crippen LogP contribution in [0.5, 0.6) is 0 Å². The Morgan fingerprint density at radius 3 is 2.79 bits per heavy atom. The van der Waals surface area contributed by atoms with Crippen molar-refractivity contribution in [3.8, 4) is 6.07 Å². The molecule has 0 aromatic heterocycles. The Bertz CT molecular complexity index is 426. The third-order valence-corrected chi connectivity index (χ3v) is 1.98. The predicted molar refractivity (Wildman–Crippen MR) is 49.7 cm³/mol. The molecule has 0 saturated heterocycles. The van der Waals surface area contributed by atoms with E-state index in [1.165, 1.54) is 6.07 Å². The number of halogens is 1. The van der Waals surface area contributed by atoms with E-state index in [-0.39, 0.29) is 22.4 Å². The van der Waals surface area contributed by atoms with Crippen molar-refractivity contribution >= 4 is 18.6 Å². The summed E-state index contributed by atoms with van der Waals surface area (Å²) >= 11 is 3.80. The predicted octanol–water partition coefficient (Wildman–Crippen LogP) is 1.61. The molecular formula is C9H6FNO2S. The highest BCUT2D eigenvalue weighted by Crippen LogP contribution is 2.18. The summed E-state index contributed by atoms with van der Waals surface area (Å²) < 4.78 is 12.9. The maximum atomic E-state index is 12.9. The van der Waals surface area contributed by atoms with Gasteiger partial charge in [-0.05, 0) is 17.7 Å². The van der Waals surface area contributed by atoms with E-state index >= 15 is 0 Å². The maximum Gasteiger partial charge on any atom is 0.307 e. The zero-order valence-corrected chi connectivity index (χ0v) is 7.88. The molecule has 1 rings (SSSR count). The molecule has 0 aliphatic carbocycles. The van der Waals surface area contributed by atoms with Crippen LogP contribution >= 0.6 is 12.6 Å². The maximum absolute atomic E-state index is 12.9. The first-order chi connectivity index (χ1) is 6.54. The lowest BCUT2D eigenvalue weighted by molar-refractivity contribution is -0.136. The van der Waals surface area contributed by atoms with Crippen molar-refractivity contribution in [3.05, 3.63) is 29.1 Å². The van der Waals surface area contributed by atoms with E-state index in [9.17, 15) is 9.18 Å². The monoisotopic (exact) mass is 211 g/mol. The lowest BCUT2D eigenvalue weighted by Crippen LogP contribution is -2.03. The number of nitrogens with zero attached hydrogens (tertiary/aromatic N) is 1. The molecule has 14 heavy (non-hydrogen) atoms. The number of hydrogen-bond donors (Lipinski definition) is 2. The van der Waals surface area contributed by atoms with Crippen LogP contribution in [-0.2, 0) is 11.2 Å². The fourth-order valence-electron chi connectivity index (χ4n) is 1.02. The Morgan fingerprint density at radius 1 is 1.64 bits per heavy atom. The van der Waals surface area contributed by atoms with Crippen LogP contribution in [0, 0.1) is 17.1 Å². The van der Waals surface area contributed by atoms with E-state index in [1.54, 1.807) is 6.07 Å². The quantitative estimate of drug-likeness (QED) is 0.730. The minimum Gasteiger partial charge on any atom is -0.481 e. The van der Waals surface area contributed by atoms with Gasteiger partial charge in [-0.3, -0.25) is 4.79 Å². The number of nitriles is 1. The van der Waals surface area contributed by atoms with Gasteiger partial charge in [-0.25, -0.2) is 4.39 Å². The molecule has 0 aliphatic rings. The van der Waals surface area contributed by atoms with Crippen molar-refractivity contribution in [2.24, 2.45) is 0 Å². The van der Waals surface area contributed by atoms with E-state index in [1.807, 2.05) is 0 Å². The Morgan fingerprint density at radius 2 is 2.29 bits per heavy atom. The molecule has 3 nitrogen and oxygen atoms in total. The van der Waals surface area contributed by atoms with Crippen molar-refractivity contribution in [1.82, 2.24) is 0 Å². The first-order valence-corrected chi connectivity index (χ1v) is 4.12. The molecule has 5 heteroatoms. The van der Waals surface area contributed by atoms with E-state index in [0.29, 0.717) is 0 Å². The molecule has 72 valence electrons. The molecule has 0 spiro atoms. The van der Waals surface area contributed by atoms with Gasteiger partial charge in [0, 0.05) is 4.90 Å². The Balaban J connectivity index is 3.22. The van der Waals surface area contributed by atoms with Crippen LogP contribution in [0.15, 0.2) is 17.0 Å². The molecule has 0 amide bonds. The highest BCUT2D eigenvalue weighted by atomic mass is 32.1. The third-order valence-electron chi connectivity index (χ3n) is 1.63. The SMILES string of the molecule is N#Cc1cc(F)c(S)cc1CC(=O)O. The van der Waals surface area contributed by atoms with Gasteiger partial charge in [-0.1, -0.05) is 0 Å². The second-order valence-corrected chi connectivity index (χ2v) is 3.12. The molecule has 0 heterocycles. The van der Waals surface area contributed by atoms with E-state index in [4.69, 9.17) is 10.4 Å². The molecule has 0 aliphatic heterocycles. The number of aliphatic carboxylic acids is 1. The summed E-state index contributed by atoms with van der Waals surface area (Å²) in [5.41, 5.74) is 0.300. The smallest absolute Gasteiger partial charge is 0.307 e. The second kappa shape index (κ2) is 4.11.